The average Bonchev–Trinajstić information content (AvgIpc) is 2.29. The molecule has 1 saturated heterocycles. The van der Waals surface area contributed by atoms with Gasteiger partial charge in [-0.2, -0.15) is 0 Å². The molecule has 0 aromatic rings. The lowest BCUT2D eigenvalue weighted by Crippen LogP contribution is -2.26. The maximum Gasteiger partial charge on any atom is 0.0136 e. The lowest BCUT2D eigenvalue weighted by molar-refractivity contribution is 0.424. The minimum atomic E-state index is 0.791. The predicted molar refractivity (Wildman–Crippen MR) is 52.1 cm³/mol. The molecule has 0 bridgehead atoms. The fraction of sp³-hybridized carbons (Fsp3) is 0.818. The quantitative estimate of drug-likeness (QED) is 0.543. The summed E-state index contributed by atoms with van der Waals surface area (Å²) in [6.07, 6.45) is 6.50. The average molecular weight is 165 g/mol. The first kappa shape index (κ1) is 8.31. The van der Waals surface area contributed by atoms with Crippen molar-refractivity contribution in [1.82, 2.24) is 5.32 Å². The van der Waals surface area contributed by atoms with Crippen LogP contribution in [0.5, 0.6) is 0 Å². The molecule has 68 valence electrons. The van der Waals surface area contributed by atoms with Crippen molar-refractivity contribution in [3.05, 3.63) is 11.6 Å². The third-order valence-corrected chi connectivity index (χ3v) is 3.46. The van der Waals surface area contributed by atoms with Gasteiger partial charge in [0.2, 0.25) is 0 Å². The summed E-state index contributed by atoms with van der Waals surface area (Å²) in [5, 5.41) is 3.64. The Morgan fingerprint density at radius 1 is 1.50 bits per heavy atom. The second kappa shape index (κ2) is 3.21. The van der Waals surface area contributed by atoms with Crippen LogP contribution in [0.15, 0.2) is 11.6 Å². The minimum Gasteiger partial charge on any atom is -0.313 e. The van der Waals surface area contributed by atoms with E-state index in [4.69, 9.17) is 0 Å². The van der Waals surface area contributed by atoms with Crippen LogP contribution in [0.25, 0.3) is 0 Å². The van der Waals surface area contributed by atoms with E-state index in [1.54, 1.807) is 5.57 Å². The van der Waals surface area contributed by atoms with Gasteiger partial charge >= 0.3 is 0 Å². The van der Waals surface area contributed by atoms with E-state index in [2.05, 4.69) is 25.2 Å². The first-order valence-corrected chi connectivity index (χ1v) is 5.19. The van der Waals surface area contributed by atoms with Crippen molar-refractivity contribution >= 4 is 0 Å². The predicted octanol–water partition coefficient (Wildman–Crippen LogP) is 2.34. The highest BCUT2D eigenvalue weighted by Gasteiger charge is 2.34. The van der Waals surface area contributed by atoms with Crippen LogP contribution < -0.4 is 5.32 Å². The Balaban J connectivity index is 2.19. The van der Waals surface area contributed by atoms with Crippen LogP contribution in [-0.2, 0) is 0 Å². The summed E-state index contributed by atoms with van der Waals surface area (Å²) < 4.78 is 0. The normalized spacial score (nSPS) is 41.8. The maximum atomic E-state index is 3.64. The maximum absolute atomic E-state index is 3.64. The van der Waals surface area contributed by atoms with Crippen molar-refractivity contribution in [1.29, 1.82) is 0 Å². The summed E-state index contributed by atoms with van der Waals surface area (Å²) in [4.78, 5) is 0. The van der Waals surface area contributed by atoms with E-state index < -0.39 is 0 Å². The van der Waals surface area contributed by atoms with Crippen molar-refractivity contribution in [2.45, 2.75) is 39.2 Å². The molecule has 0 radical (unpaired) electrons. The fourth-order valence-electron chi connectivity index (χ4n) is 2.84. The highest BCUT2D eigenvalue weighted by Crippen LogP contribution is 2.33. The molecule has 1 fully saturated rings. The van der Waals surface area contributed by atoms with Crippen LogP contribution in [-0.4, -0.2) is 12.6 Å². The van der Waals surface area contributed by atoms with Crippen molar-refractivity contribution in [3.63, 3.8) is 0 Å². The third kappa shape index (κ3) is 1.31. The molecular weight excluding hydrogens is 146 g/mol. The molecule has 1 N–H and O–H groups in total. The fourth-order valence-corrected chi connectivity index (χ4v) is 2.84. The number of allylic oxidation sites excluding steroid dienone is 1. The molecule has 3 unspecified atom stereocenters. The number of hydrogen-bond acceptors (Lipinski definition) is 1. The van der Waals surface area contributed by atoms with Gasteiger partial charge in [0.1, 0.15) is 0 Å². The van der Waals surface area contributed by atoms with Gasteiger partial charge in [0.15, 0.2) is 0 Å². The SMILES string of the molecule is CC1=CCCCC2NCC(C)C12. The molecule has 12 heavy (non-hydrogen) atoms. The largest absolute Gasteiger partial charge is 0.313 e. The van der Waals surface area contributed by atoms with Crippen molar-refractivity contribution < 1.29 is 0 Å². The highest BCUT2D eigenvalue weighted by molar-refractivity contribution is 5.13. The zero-order valence-electron chi connectivity index (χ0n) is 8.14. The van der Waals surface area contributed by atoms with Gasteiger partial charge in [0.05, 0.1) is 0 Å². The number of fused-ring (bicyclic) bond motifs is 1. The van der Waals surface area contributed by atoms with E-state index in [-0.39, 0.29) is 0 Å². The Bertz CT molecular complexity index is 195. The van der Waals surface area contributed by atoms with Crippen molar-refractivity contribution in [2.75, 3.05) is 6.54 Å². The van der Waals surface area contributed by atoms with E-state index in [0.29, 0.717) is 0 Å². The van der Waals surface area contributed by atoms with E-state index in [1.165, 1.54) is 25.8 Å². The van der Waals surface area contributed by atoms with Gasteiger partial charge in [-0.25, -0.2) is 0 Å². The zero-order valence-corrected chi connectivity index (χ0v) is 8.14. The van der Waals surface area contributed by atoms with Crippen LogP contribution in [0.4, 0.5) is 0 Å². The Kier molecular flexibility index (Phi) is 2.22. The van der Waals surface area contributed by atoms with Gasteiger partial charge in [-0.15, -0.1) is 0 Å². The van der Waals surface area contributed by atoms with E-state index >= 15 is 0 Å². The molecule has 0 aromatic carbocycles. The topological polar surface area (TPSA) is 12.0 Å². The monoisotopic (exact) mass is 165 g/mol. The minimum absolute atomic E-state index is 0.791. The van der Waals surface area contributed by atoms with E-state index in [1.807, 2.05) is 0 Å². The summed E-state index contributed by atoms with van der Waals surface area (Å²) in [6, 6.07) is 0.791. The molecule has 3 atom stereocenters. The van der Waals surface area contributed by atoms with Crippen LogP contribution in [0.2, 0.25) is 0 Å². The Labute approximate surface area is 75.2 Å². The molecule has 0 saturated carbocycles. The molecule has 0 spiro atoms. The van der Waals surface area contributed by atoms with Crippen molar-refractivity contribution in [2.24, 2.45) is 11.8 Å². The standard InChI is InChI=1S/C11H19N/c1-8-5-3-4-6-10-11(8)9(2)7-12-10/h5,9-12H,3-4,6-7H2,1-2H3. The Hall–Kier alpha value is -0.300. The Morgan fingerprint density at radius 2 is 2.33 bits per heavy atom. The van der Waals surface area contributed by atoms with Gasteiger partial charge in [0, 0.05) is 6.04 Å². The highest BCUT2D eigenvalue weighted by atomic mass is 15.0. The molecule has 0 amide bonds. The van der Waals surface area contributed by atoms with Gasteiger partial charge in [0.25, 0.3) is 0 Å². The third-order valence-electron chi connectivity index (χ3n) is 3.46. The first-order chi connectivity index (χ1) is 5.79. The molecule has 2 aliphatic rings. The lowest BCUT2D eigenvalue weighted by atomic mass is 9.85. The van der Waals surface area contributed by atoms with Gasteiger partial charge < -0.3 is 5.32 Å². The molecule has 1 nitrogen and oxygen atoms in total. The Morgan fingerprint density at radius 3 is 3.17 bits per heavy atom. The number of rotatable bonds is 0. The first-order valence-electron chi connectivity index (χ1n) is 5.19. The molecular formula is C11H19N. The smallest absolute Gasteiger partial charge is 0.0136 e. The van der Waals surface area contributed by atoms with Gasteiger partial charge in [-0.1, -0.05) is 18.6 Å². The summed E-state index contributed by atoms with van der Waals surface area (Å²) >= 11 is 0. The summed E-state index contributed by atoms with van der Waals surface area (Å²) in [5.41, 5.74) is 1.63. The van der Waals surface area contributed by atoms with Crippen LogP contribution in [0.1, 0.15) is 33.1 Å². The zero-order chi connectivity index (χ0) is 8.55. The molecule has 1 heterocycles. The molecule has 1 aliphatic heterocycles. The van der Waals surface area contributed by atoms with Gasteiger partial charge in [-0.3, -0.25) is 0 Å². The molecule has 1 aliphatic carbocycles. The second-order valence-corrected chi connectivity index (χ2v) is 4.40. The molecule has 1 heteroatoms. The number of nitrogens with one attached hydrogen (secondary N) is 1. The molecule has 2 rings (SSSR count). The van der Waals surface area contributed by atoms with Crippen LogP contribution in [0, 0.1) is 11.8 Å². The second-order valence-electron chi connectivity index (χ2n) is 4.40. The van der Waals surface area contributed by atoms with E-state index in [0.717, 1.165) is 17.9 Å². The summed E-state index contributed by atoms with van der Waals surface area (Å²) in [5.74, 6) is 1.69. The molecule has 0 aromatic heterocycles. The summed E-state index contributed by atoms with van der Waals surface area (Å²) in [7, 11) is 0. The van der Waals surface area contributed by atoms with Crippen LogP contribution >= 0.6 is 0 Å². The summed E-state index contributed by atoms with van der Waals surface area (Å²) in [6.45, 7) is 5.91. The van der Waals surface area contributed by atoms with Crippen molar-refractivity contribution in [3.8, 4) is 0 Å². The van der Waals surface area contributed by atoms with Crippen LogP contribution in [0.3, 0.4) is 0 Å². The van der Waals surface area contributed by atoms with E-state index in [9.17, 15) is 0 Å². The lowest BCUT2D eigenvalue weighted by Gasteiger charge is -2.20. The number of hydrogen-bond donors (Lipinski definition) is 1. The van der Waals surface area contributed by atoms with Gasteiger partial charge in [-0.05, 0) is 44.6 Å².